The van der Waals surface area contributed by atoms with Crippen LogP contribution in [0.2, 0.25) is 0 Å². The summed E-state index contributed by atoms with van der Waals surface area (Å²) >= 11 is 0. The van der Waals surface area contributed by atoms with Crippen molar-refractivity contribution in [2.24, 2.45) is 0 Å². The largest absolute Gasteiger partial charge is 0.388 e. The molecule has 0 bridgehead atoms. The van der Waals surface area contributed by atoms with E-state index in [0.717, 1.165) is 5.69 Å². The molecular weight excluding hydrogens is 270 g/mol. The molecule has 0 aliphatic carbocycles. The van der Waals surface area contributed by atoms with Crippen molar-refractivity contribution < 1.29 is 9.72 Å². The van der Waals surface area contributed by atoms with Gasteiger partial charge in [-0.3, -0.25) is 14.9 Å². The molecule has 2 aromatic carbocycles. The summed E-state index contributed by atoms with van der Waals surface area (Å²) in [4.78, 5) is 22.4. The van der Waals surface area contributed by atoms with Crippen LogP contribution in [0.4, 0.5) is 11.4 Å². The van der Waals surface area contributed by atoms with E-state index < -0.39 is 4.92 Å². The van der Waals surface area contributed by atoms with Gasteiger partial charge in [0, 0.05) is 36.5 Å². The van der Waals surface area contributed by atoms with Gasteiger partial charge in [-0.25, -0.2) is 0 Å². The number of hydrogen-bond acceptors (Lipinski definition) is 4. The molecule has 6 heteroatoms. The van der Waals surface area contributed by atoms with Crippen LogP contribution in [0.5, 0.6) is 0 Å². The summed E-state index contributed by atoms with van der Waals surface area (Å²) in [5.74, 6) is -0.268. The number of benzene rings is 2. The van der Waals surface area contributed by atoms with Gasteiger partial charge in [0.1, 0.15) is 0 Å². The van der Waals surface area contributed by atoms with Crippen molar-refractivity contribution in [3.63, 3.8) is 0 Å². The van der Waals surface area contributed by atoms with Gasteiger partial charge in [0.15, 0.2) is 0 Å². The third kappa shape index (κ3) is 3.56. The first-order valence-corrected chi connectivity index (χ1v) is 6.40. The van der Waals surface area contributed by atoms with Crippen LogP contribution in [0.1, 0.15) is 15.9 Å². The SMILES string of the molecule is CNc1ccc(C(=O)NCc2ccccc2[N+](=O)[O-])cc1. The average Bonchev–Trinajstić information content (AvgIpc) is 2.52. The van der Waals surface area contributed by atoms with Crippen molar-refractivity contribution in [3.8, 4) is 0 Å². The second-order valence-corrected chi connectivity index (χ2v) is 4.40. The Morgan fingerprint density at radius 3 is 2.43 bits per heavy atom. The van der Waals surface area contributed by atoms with E-state index in [0.29, 0.717) is 11.1 Å². The minimum absolute atomic E-state index is 0.00308. The Kier molecular flexibility index (Phi) is 4.50. The number of nitrogens with one attached hydrogen (secondary N) is 2. The molecule has 2 aromatic rings. The highest BCUT2D eigenvalue weighted by Gasteiger charge is 2.13. The summed E-state index contributed by atoms with van der Waals surface area (Å²) in [5.41, 5.74) is 1.89. The fraction of sp³-hybridized carbons (Fsp3) is 0.133. The molecule has 0 saturated heterocycles. The van der Waals surface area contributed by atoms with Gasteiger partial charge in [0.25, 0.3) is 11.6 Å². The number of rotatable bonds is 5. The molecule has 1 amide bonds. The Balaban J connectivity index is 2.05. The van der Waals surface area contributed by atoms with E-state index in [1.807, 2.05) is 0 Å². The minimum Gasteiger partial charge on any atom is -0.388 e. The summed E-state index contributed by atoms with van der Waals surface area (Å²) in [6, 6.07) is 13.3. The molecule has 0 aromatic heterocycles. The van der Waals surface area contributed by atoms with E-state index in [1.165, 1.54) is 6.07 Å². The molecule has 6 nitrogen and oxygen atoms in total. The molecule has 21 heavy (non-hydrogen) atoms. The molecule has 108 valence electrons. The highest BCUT2D eigenvalue weighted by atomic mass is 16.6. The third-order valence-corrected chi connectivity index (χ3v) is 3.06. The van der Waals surface area contributed by atoms with Crippen LogP contribution in [0.25, 0.3) is 0 Å². The highest BCUT2D eigenvalue weighted by molar-refractivity contribution is 5.94. The Morgan fingerprint density at radius 1 is 1.14 bits per heavy atom. The average molecular weight is 285 g/mol. The molecule has 2 rings (SSSR count). The van der Waals surface area contributed by atoms with Gasteiger partial charge in [0.05, 0.1) is 4.92 Å². The maximum absolute atomic E-state index is 12.0. The Bertz CT molecular complexity index is 653. The maximum atomic E-state index is 12.0. The number of nitro groups is 1. The predicted molar refractivity (Wildman–Crippen MR) is 80.3 cm³/mol. The van der Waals surface area contributed by atoms with Gasteiger partial charge in [0.2, 0.25) is 0 Å². The first-order chi connectivity index (χ1) is 10.1. The monoisotopic (exact) mass is 285 g/mol. The number of hydrogen-bond donors (Lipinski definition) is 2. The van der Waals surface area contributed by atoms with Gasteiger partial charge in [-0.15, -0.1) is 0 Å². The number of amides is 1. The first-order valence-electron chi connectivity index (χ1n) is 6.40. The molecule has 0 atom stereocenters. The summed E-state index contributed by atoms with van der Waals surface area (Å²) in [7, 11) is 1.80. The van der Waals surface area contributed by atoms with E-state index in [-0.39, 0.29) is 18.1 Å². The molecule has 0 aliphatic heterocycles. The van der Waals surface area contributed by atoms with E-state index in [1.54, 1.807) is 49.5 Å². The van der Waals surface area contributed by atoms with Gasteiger partial charge in [-0.05, 0) is 24.3 Å². The topological polar surface area (TPSA) is 84.3 Å². The lowest BCUT2D eigenvalue weighted by molar-refractivity contribution is -0.385. The second-order valence-electron chi connectivity index (χ2n) is 4.40. The third-order valence-electron chi connectivity index (χ3n) is 3.06. The minimum atomic E-state index is -0.455. The number of nitro benzene ring substituents is 1. The first kappa shape index (κ1) is 14.5. The molecule has 0 spiro atoms. The van der Waals surface area contributed by atoms with Crippen molar-refractivity contribution in [1.82, 2.24) is 5.32 Å². The van der Waals surface area contributed by atoms with E-state index in [4.69, 9.17) is 0 Å². The van der Waals surface area contributed by atoms with Crippen molar-refractivity contribution in [3.05, 3.63) is 69.8 Å². The zero-order valence-corrected chi connectivity index (χ0v) is 11.5. The molecule has 0 radical (unpaired) electrons. The normalized spacial score (nSPS) is 9.95. The van der Waals surface area contributed by atoms with Gasteiger partial charge >= 0.3 is 0 Å². The van der Waals surface area contributed by atoms with E-state index in [2.05, 4.69) is 10.6 Å². The van der Waals surface area contributed by atoms with Crippen LogP contribution in [0.15, 0.2) is 48.5 Å². The quantitative estimate of drug-likeness (QED) is 0.653. The van der Waals surface area contributed by atoms with Crippen LogP contribution in [-0.4, -0.2) is 17.9 Å². The Labute approximate surface area is 121 Å². The maximum Gasteiger partial charge on any atom is 0.274 e. The number of carbonyl (C=O) groups excluding carboxylic acids is 1. The standard InChI is InChI=1S/C15H15N3O3/c1-16-13-8-6-11(7-9-13)15(19)17-10-12-4-2-3-5-14(12)18(20)21/h2-9,16H,10H2,1H3,(H,17,19). The molecular formula is C15H15N3O3. The fourth-order valence-electron chi connectivity index (χ4n) is 1.90. The van der Waals surface area contributed by atoms with Crippen molar-refractivity contribution in [2.75, 3.05) is 12.4 Å². The van der Waals surface area contributed by atoms with Crippen LogP contribution in [0.3, 0.4) is 0 Å². The van der Waals surface area contributed by atoms with Crippen LogP contribution < -0.4 is 10.6 Å². The zero-order chi connectivity index (χ0) is 15.2. The van der Waals surface area contributed by atoms with Crippen molar-refractivity contribution in [2.45, 2.75) is 6.54 Å². The van der Waals surface area contributed by atoms with Crippen molar-refractivity contribution >= 4 is 17.3 Å². The predicted octanol–water partition coefficient (Wildman–Crippen LogP) is 2.57. The molecule has 0 saturated carbocycles. The molecule has 0 heterocycles. The molecule has 0 aliphatic rings. The molecule has 2 N–H and O–H groups in total. The zero-order valence-electron chi connectivity index (χ0n) is 11.5. The number of nitrogens with zero attached hydrogens (tertiary/aromatic N) is 1. The summed E-state index contributed by atoms with van der Waals surface area (Å²) in [6.07, 6.45) is 0. The van der Waals surface area contributed by atoms with Crippen LogP contribution in [0, 0.1) is 10.1 Å². The smallest absolute Gasteiger partial charge is 0.274 e. The van der Waals surface area contributed by atoms with Crippen molar-refractivity contribution in [1.29, 1.82) is 0 Å². The van der Waals surface area contributed by atoms with E-state index >= 15 is 0 Å². The Hall–Kier alpha value is -2.89. The second kappa shape index (κ2) is 6.51. The molecule has 0 fully saturated rings. The highest BCUT2D eigenvalue weighted by Crippen LogP contribution is 2.17. The van der Waals surface area contributed by atoms with Gasteiger partial charge in [-0.2, -0.15) is 0 Å². The lowest BCUT2D eigenvalue weighted by Gasteiger charge is -2.07. The van der Waals surface area contributed by atoms with Gasteiger partial charge < -0.3 is 10.6 Å². The number of anilines is 1. The summed E-state index contributed by atoms with van der Waals surface area (Å²) in [6.45, 7) is 0.115. The van der Waals surface area contributed by atoms with E-state index in [9.17, 15) is 14.9 Å². The summed E-state index contributed by atoms with van der Waals surface area (Å²) < 4.78 is 0. The Morgan fingerprint density at radius 2 is 1.81 bits per heavy atom. The lowest BCUT2D eigenvalue weighted by atomic mass is 10.1. The lowest BCUT2D eigenvalue weighted by Crippen LogP contribution is -2.23. The molecule has 0 unspecified atom stereocenters. The fourth-order valence-corrected chi connectivity index (χ4v) is 1.90. The van der Waals surface area contributed by atoms with Gasteiger partial charge in [-0.1, -0.05) is 18.2 Å². The van der Waals surface area contributed by atoms with Crippen LogP contribution >= 0.6 is 0 Å². The number of carbonyl (C=O) groups is 1. The van der Waals surface area contributed by atoms with Crippen LogP contribution in [-0.2, 0) is 6.54 Å². The number of para-hydroxylation sites is 1. The summed E-state index contributed by atoms with van der Waals surface area (Å²) in [5, 5.41) is 16.5.